The number of quaternary nitrogens is 1. The lowest BCUT2D eigenvalue weighted by Gasteiger charge is -2.38. The Morgan fingerprint density at radius 3 is 2.55 bits per heavy atom. The maximum absolute atomic E-state index is 6.26. The van der Waals surface area contributed by atoms with Crippen LogP contribution in [0.3, 0.4) is 0 Å². The molecule has 0 amide bonds. The fourth-order valence-electron chi connectivity index (χ4n) is 5.37. The van der Waals surface area contributed by atoms with Gasteiger partial charge in [-0.2, -0.15) is 0 Å². The Kier molecular flexibility index (Phi) is 5.70. The smallest absolute Gasteiger partial charge is 0.296 e. The normalized spacial score (nSPS) is 20.1. The van der Waals surface area contributed by atoms with Crippen LogP contribution in [0.25, 0.3) is 16.8 Å². The van der Waals surface area contributed by atoms with E-state index in [0.29, 0.717) is 10.4 Å². The third kappa shape index (κ3) is 3.73. The SMILES string of the molecule is COc1cc(C)c(-c2cccc3c([N+](C)(CC4CC4)C4CCCO4)c(OC)nn23)c(OC)c1. The van der Waals surface area contributed by atoms with Crippen LogP contribution in [-0.4, -0.2) is 57.4 Å². The number of rotatable bonds is 8. The average molecular weight is 453 g/mol. The lowest BCUT2D eigenvalue weighted by Crippen LogP contribution is -2.54. The quantitative estimate of drug-likeness (QED) is 0.459. The minimum atomic E-state index is 0.119. The zero-order chi connectivity index (χ0) is 23.2. The van der Waals surface area contributed by atoms with Gasteiger partial charge in [-0.3, -0.25) is 4.48 Å². The van der Waals surface area contributed by atoms with Crippen LogP contribution in [0.5, 0.6) is 17.4 Å². The molecule has 2 unspecified atom stereocenters. The molecule has 7 heteroatoms. The monoisotopic (exact) mass is 452 g/mol. The van der Waals surface area contributed by atoms with Crippen LogP contribution >= 0.6 is 0 Å². The molecular weight excluding hydrogens is 418 g/mol. The van der Waals surface area contributed by atoms with Gasteiger partial charge in [-0.05, 0) is 49.9 Å². The van der Waals surface area contributed by atoms with Crippen molar-refractivity contribution in [2.24, 2.45) is 5.92 Å². The Bertz CT molecular complexity index is 1160. The zero-order valence-corrected chi connectivity index (χ0v) is 20.3. The molecule has 1 aromatic carbocycles. The number of aryl methyl sites for hydroxylation is 1. The lowest BCUT2D eigenvalue weighted by atomic mass is 10.0. The van der Waals surface area contributed by atoms with Gasteiger partial charge in [-0.25, -0.2) is 4.52 Å². The molecule has 2 aliphatic rings. The molecule has 3 aromatic rings. The van der Waals surface area contributed by atoms with E-state index in [0.717, 1.165) is 71.4 Å². The summed E-state index contributed by atoms with van der Waals surface area (Å²) in [4.78, 5) is 0. The predicted octanol–water partition coefficient (Wildman–Crippen LogP) is 4.82. The summed E-state index contributed by atoms with van der Waals surface area (Å²) in [5.41, 5.74) is 5.15. The van der Waals surface area contributed by atoms with Gasteiger partial charge in [0.15, 0.2) is 6.23 Å². The number of methoxy groups -OCH3 is 3. The largest absolute Gasteiger partial charge is 0.497 e. The van der Waals surface area contributed by atoms with Gasteiger partial charge >= 0.3 is 0 Å². The number of aromatic nitrogens is 2. The number of nitrogens with zero attached hydrogens (tertiary/aromatic N) is 3. The summed E-state index contributed by atoms with van der Waals surface area (Å²) in [7, 11) is 7.36. The van der Waals surface area contributed by atoms with E-state index in [4.69, 9.17) is 24.0 Å². The van der Waals surface area contributed by atoms with Crippen molar-refractivity contribution in [2.75, 3.05) is 41.5 Å². The summed E-state index contributed by atoms with van der Waals surface area (Å²) in [6.45, 7) is 3.93. The zero-order valence-electron chi connectivity index (χ0n) is 20.3. The van der Waals surface area contributed by atoms with Gasteiger partial charge < -0.3 is 18.9 Å². The molecule has 2 fully saturated rings. The highest BCUT2D eigenvalue weighted by Gasteiger charge is 2.46. The van der Waals surface area contributed by atoms with E-state index in [1.165, 1.54) is 12.8 Å². The Labute approximate surface area is 195 Å². The Morgan fingerprint density at radius 1 is 1.09 bits per heavy atom. The predicted molar refractivity (Wildman–Crippen MR) is 129 cm³/mol. The molecule has 2 aromatic heterocycles. The molecule has 33 heavy (non-hydrogen) atoms. The second-order valence-electron chi connectivity index (χ2n) is 9.45. The maximum Gasteiger partial charge on any atom is 0.296 e. The molecule has 7 nitrogen and oxygen atoms in total. The minimum Gasteiger partial charge on any atom is -0.497 e. The fraction of sp³-hybridized carbons (Fsp3) is 0.500. The molecule has 2 atom stereocenters. The maximum atomic E-state index is 6.26. The van der Waals surface area contributed by atoms with Crippen molar-refractivity contribution in [1.82, 2.24) is 14.1 Å². The highest BCUT2D eigenvalue weighted by molar-refractivity contribution is 5.82. The van der Waals surface area contributed by atoms with Crippen molar-refractivity contribution in [1.29, 1.82) is 0 Å². The van der Waals surface area contributed by atoms with E-state index >= 15 is 0 Å². The van der Waals surface area contributed by atoms with Gasteiger partial charge in [-0.1, -0.05) is 6.07 Å². The average Bonchev–Trinajstić information content (AvgIpc) is 3.30. The topological polar surface area (TPSA) is 54.2 Å². The van der Waals surface area contributed by atoms with Gasteiger partial charge in [0.05, 0.1) is 47.2 Å². The van der Waals surface area contributed by atoms with E-state index in [9.17, 15) is 0 Å². The third-order valence-electron chi connectivity index (χ3n) is 7.17. The molecule has 1 saturated carbocycles. The molecule has 176 valence electrons. The Hall–Kier alpha value is -2.77. The van der Waals surface area contributed by atoms with Crippen molar-refractivity contribution >= 4 is 11.2 Å². The summed E-state index contributed by atoms with van der Waals surface area (Å²) in [5.74, 6) is 2.91. The summed E-state index contributed by atoms with van der Waals surface area (Å²) >= 11 is 0. The summed E-state index contributed by atoms with van der Waals surface area (Å²) in [6, 6.07) is 10.3. The molecule has 0 N–H and O–H groups in total. The first-order valence-corrected chi connectivity index (χ1v) is 11.8. The minimum absolute atomic E-state index is 0.119. The molecule has 1 aliphatic heterocycles. The summed E-state index contributed by atoms with van der Waals surface area (Å²) in [6.07, 6.45) is 4.84. The van der Waals surface area contributed by atoms with Crippen molar-refractivity contribution in [3.63, 3.8) is 0 Å². The lowest BCUT2D eigenvalue weighted by molar-refractivity contribution is -0.00311. The number of pyridine rings is 1. The molecule has 3 heterocycles. The molecule has 0 bridgehead atoms. The van der Waals surface area contributed by atoms with Crippen molar-refractivity contribution in [3.05, 3.63) is 35.9 Å². The number of ether oxygens (including phenoxy) is 4. The van der Waals surface area contributed by atoms with Crippen molar-refractivity contribution in [2.45, 2.75) is 38.8 Å². The highest BCUT2D eigenvalue weighted by atomic mass is 16.5. The molecular formula is C26H34N3O4+. The van der Waals surface area contributed by atoms with Crippen molar-refractivity contribution < 1.29 is 18.9 Å². The standard InChI is InChI=1S/C26H34N3O4/c1-17-14-19(30-3)15-22(31-4)24(17)20-8-6-9-21-25(26(32-5)27-28(20)21)29(2,16-18-11-12-18)23-10-7-13-33-23/h6,8-9,14-15,18,23H,7,10-13,16H2,1-5H3/q+1. The Morgan fingerprint density at radius 2 is 1.91 bits per heavy atom. The van der Waals surface area contributed by atoms with Crippen LogP contribution in [0.15, 0.2) is 30.3 Å². The van der Waals surface area contributed by atoms with Gasteiger partial charge in [0.2, 0.25) is 5.69 Å². The fourth-order valence-corrected chi connectivity index (χ4v) is 5.37. The van der Waals surface area contributed by atoms with Crippen LogP contribution in [-0.2, 0) is 4.74 Å². The Balaban J connectivity index is 1.73. The first-order valence-electron chi connectivity index (χ1n) is 11.8. The molecule has 5 rings (SSSR count). The first kappa shape index (κ1) is 22.0. The van der Waals surface area contributed by atoms with Crippen LogP contribution in [0, 0.1) is 12.8 Å². The van der Waals surface area contributed by atoms with E-state index in [1.54, 1.807) is 21.3 Å². The molecule has 0 spiro atoms. The molecule has 1 aliphatic carbocycles. The van der Waals surface area contributed by atoms with E-state index in [2.05, 4.69) is 32.2 Å². The number of benzene rings is 1. The molecule has 0 radical (unpaired) electrons. The van der Waals surface area contributed by atoms with Crippen molar-refractivity contribution in [3.8, 4) is 28.6 Å². The number of fused-ring (bicyclic) bond motifs is 1. The third-order valence-corrected chi connectivity index (χ3v) is 7.17. The van der Waals surface area contributed by atoms with Crippen LogP contribution < -0.4 is 18.7 Å². The van der Waals surface area contributed by atoms with Gasteiger partial charge in [0, 0.05) is 24.0 Å². The summed E-state index contributed by atoms with van der Waals surface area (Å²) in [5, 5.41) is 4.97. The van der Waals surface area contributed by atoms with Gasteiger partial charge in [0.25, 0.3) is 5.88 Å². The summed E-state index contributed by atoms with van der Waals surface area (Å²) < 4.78 is 26.1. The van der Waals surface area contributed by atoms with E-state index in [-0.39, 0.29) is 6.23 Å². The van der Waals surface area contributed by atoms with Crippen LogP contribution in [0.1, 0.15) is 31.2 Å². The van der Waals surface area contributed by atoms with E-state index in [1.807, 2.05) is 16.6 Å². The van der Waals surface area contributed by atoms with Gasteiger partial charge in [0.1, 0.15) is 17.0 Å². The second-order valence-corrected chi connectivity index (χ2v) is 9.45. The second kappa shape index (κ2) is 8.54. The molecule has 1 saturated heterocycles. The van der Waals surface area contributed by atoms with Crippen LogP contribution in [0.4, 0.5) is 5.69 Å². The van der Waals surface area contributed by atoms with E-state index < -0.39 is 0 Å². The highest BCUT2D eigenvalue weighted by Crippen LogP contribution is 2.46. The van der Waals surface area contributed by atoms with Crippen LogP contribution in [0.2, 0.25) is 0 Å². The van der Waals surface area contributed by atoms with Gasteiger partial charge in [-0.15, -0.1) is 5.10 Å². The first-order chi connectivity index (χ1) is 16.0. The number of hydrogen-bond donors (Lipinski definition) is 0. The number of hydrogen-bond acceptors (Lipinski definition) is 5.